The Morgan fingerprint density at radius 1 is 1.04 bits per heavy atom. The molecular weight excluding hydrogens is 295 g/mol. The van der Waals surface area contributed by atoms with Gasteiger partial charge in [0, 0.05) is 12.2 Å². The summed E-state index contributed by atoms with van der Waals surface area (Å²) in [5, 5.41) is 2.62. The van der Waals surface area contributed by atoms with Gasteiger partial charge in [-0.25, -0.2) is 4.39 Å². The van der Waals surface area contributed by atoms with Crippen LogP contribution in [-0.2, 0) is 16.0 Å². The van der Waals surface area contributed by atoms with Crippen LogP contribution < -0.4 is 10.2 Å². The average Bonchev–Trinajstić information content (AvgIpc) is 2.56. The van der Waals surface area contributed by atoms with Crippen molar-refractivity contribution in [2.45, 2.75) is 13.3 Å². The van der Waals surface area contributed by atoms with E-state index >= 15 is 0 Å². The van der Waals surface area contributed by atoms with Crippen LogP contribution in [0.4, 0.5) is 10.1 Å². The number of anilines is 1. The van der Waals surface area contributed by atoms with Crippen molar-refractivity contribution >= 4 is 17.5 Å². The molecule has 4 nitrogen and oxygen atoms in total. The van der Waals surface area contributed by atoms with E-state index in [0.717, 1.165) is 5.56 Å². The van der Waals surface area contributed by atoms with Gasteiger partial charge in [-0.3, -0.25) is 9.59 Å². The molecule has 1 N–H and O–H groups in total. The van der Waals surface area contributed by atoms with Crippen LogP contribution in [0.3, 0.4) is 0 Å². The molecule has 2 aromatic rings. The summed E-state index contributed by atoms with van der Waals surface area (Å²) < 4.78 is 13.0. The van der Waals surface area contributed by atoms with Gasteiger partial charge in [0.05, 0.1) is 13.0 Å². The fraction of sp³-hybridized carbons (Fsp3) is 0.222. The van der Waals surface area contributed by atoms with Crippen molar-refractivity contribution in [2.75, 3.05) is 18.0 Å². The van der Waals surface area contributed by atoms with Gasteiger partial charge in [-0.05, 0) is 36.8 Å². The Morgan fingerprint density at radius 2 is 1.70 bits per heavy atom. The van der Waals surface area contributed by atoms with Crippen LogP contribution in [0.1, 0.15) is 12.5 Å². The molecular formula is C18H19FN2O2. The SMILES string of the molecule is CCN(C(=O)CNC(=O)Cc1ccccc1)c1ccc(F)cc1. The van der Waals surface area contributed by atoms with Crippen molar-refractivity contribution in [3.8, 4) is 0 Å². The maximum atomic E-state index is 13.0. The third-order valence-electron chi connectivity index (χ3n) is 3.40. The van der Waals surface area contributed by atoms with E-state index in [1.807, 2.05) is 37.3 Å². The number of nitrogens with one attached hydrogen (secondary N) is 1. The number of nitrogens with zero attached hydrogens (tertiary/aromatic N) is 1. The first-order chi connectivity index (χ1) is 11.1. The number of rotatable bonds is 6. The Morgan fingerprint density at radius 3 is 2.30 bits per heavy atom. The first-order valence-electron chi connectivity index (χ1n) is 7.46. The molecule has 0 aliphatic rings. The first-order valence-corrected chi connectivity index (χ1v) is 7.46. The molecule has 2 amide bonds. The number of hydrogen-bond acceptors (Lipinski definition) is 2. The number of likely N-dealkylation sites (N-methyl/N-ethyl adjacent to an activating group) is 1. The molecule has 0 fully saturated rings. The van der Waals surface area contributed by atoms with Crippen LogP contribution in [0.5, 0.6) is 0 Å². The summed E-state index contributed by atoms with van der Waals surface area (Å²) in [6.07, 6.45) is 0.233. The maximum Gasteiger partial charge on any atom is 0.246 e. The van der Waals surface area contributed by atoms with Crippen LogP contribution in [0.2, 0.25) is 0 Å². The van der Waals surface area contributed by atoms with Crippen molar-refractivity contribution in [3.05, 3.63) is 66.0 Å². The quantitative estimate of drug-likeness (QED) is 0.891. The van der Waals surface area contributed by atoms with E-state index in [0.29, 0.717) is 12.2 Å². The molecule has 0 saturated carbocycles. The molecule has 0 radical (unpaired) electrons. The second-order valence-electron chi connectivity index (χ2n) is 5.05. The van der Waals surface area contributed by atoms with Gasteiger partial charge in [0.15, 0.2) is 0 Å². The summed E-state index contributed by atoms with van der Waals surface area (Å²) >= 11 is 0. The minimum absolute atomic E-state index is 0.0864. The number of carbonyl (C=O) groups excluding carboxylic acids is 2. The summed E-state index contributed by atoms with van der Waals surface area (Å²) in [7, 11) is 0. The van der Waals surface area contributed by atoms with Gasteiger partial charge in [0.2, 0.25) is 11.8 Å². The van der Waals surface area contributed by atoms with Crippen LogP contribution in [0.25, 0.3) is 0 Å². The summed E-state index contributed by atoms with van der Waals surface area (Å²) in [5.41, 5.74) is 1.50. The molecule has 0 saturated heterocycles. The molecule has 0 unspecified atom stereocenters. The van der Waals surface area contributed by atoms with E-state index in [-0.39, 0.29) is 30.6 Å². The first kappa shape index (κ1) is 16.7. The second kappa shape index (κ2) is 8.08. The Hall–Kier alpha value is -2.69. The highest BCUT2D eigenvalue weighted by Gasteiger charge is 2.15. The minimum atomic E-state index is -0.353. The van der Waals surface area contributed by atoms with Crippen LogP contribution >= 0.6 is 0 Å². The molecule has 0 spiro atoms. The molecule has 0 atom stereocenters. The average molecular weight is 314 g/mol. The molecule has 0 aliphatic heterocycles. The number of halogens is 1. The zero-order valence-corrected chi connectivity index (χ0v) is 13.0. The molecule has 120 valence electrons. The Bertz CT molecular complexity index is 656. The fourth-order valence-electron chi connectivity index (χ4n) is 2.24. The van der Waals surface area contributed by atoms with Gasteiger partial charge in [0.1, 0.15) is 5.82 Å². The van der Waals surface area contributed by atoms with Gasteiger partial charge >= 0.3 is 0 Å². The van der Waals surface area contributed by atoms with E-state index in [1.165, 1.54) is 17.0 Å². The smallest absolute Gasteiger partial charge is 0.246 e. The van der Waals surface area contributed by atoms with Crippen molar-refractivity contribution in [2.24, 2.45) is 0 Å². The molecule has 2 rings (SSSR count). The Labute approximate surface area is 134 Å². The van der Waals surface area contributed by atoms with E-state index in [1.54, 1.807) is 12.1 Å². The normalized spacial score (nSPS) is 10.2. The standard InChI is InChI=1S/C18H19FN2O2/c1-2-21(16-10-8-15(19)9-11-16)18(23)13-20-17(22)12-14-6-4-3-5-7-14/h3-11H,2,12-13H2,1H3,(H,20,22). The molecule has 0 heterocycles. The van der Waals surface area contributed by atoms with Crippen molar-refractivity contribution in [3.63, 3.8) is 0 Å². The molecule has 0 aliphatic carbocycles. The summed E-state index contributed by atoms with van der Waals surface area (Å²) in [6.45, 7) is 2.18. The lowest BCUT2D eigenvalue weighted by atomic mass is 10.1. The monoisotopic (exact) mass is 314 g/mol. The lowest BCUT2D eigenvalue weighted by Crippen LogP contribution is -2.40. The molecule has 0 aromatic heterocycles. The molecule has 5 heteroatoms. The summed E-state index contributed by atoms with van der Waals surface area (Å²) in [4.78, 5) is 25.6. The summed E-state index contributed by atoms with van der Waals surface area (Å²) in [5.74, 6) is -0.798. The van der Waals surface area contributed by atoms with Crippen LogP contribution in [0.15, 0.2) is 54.6 Å². The highest BCUT2D eigenvalue weighted by atomic mass is 19.1. The van der Waals surface area contributed by atoms with E-state index in [9.17, 15) is 14.0 Å². The predicted octanol–water partition coefficient (Wildman–Crippen LogP) is 2.54. The highest BCUT2D eigenvalue weighted by molar-refractivity contribution is 5.96. The van der Waals surface area contributed by atoms with Crippen molar-refractivity contribution < 1.29 is 14.0 Å². The lowest BCUT2D eigenvalue weighted by Gasteiger charge is -2.21. The van der Waals surface area contributed by atoms with Gasteiger partial charge in [-0.1, -0.05) is 30.3 Å². The van der Waals surface area contributed by atoms with Gasteiger partial charge in [-0.2, -0.15) is 0 Å². The lowest BCUT2D eigenvalue weighted by molar-refractivity contribution is -0.124. The third-order valence-corrected chi connectivity index (χ3v) is 3.40. The molecule has 0 bridgehead atoms. The topological polar surface area (TPSA) is 49.4 Å². The number of carbonyl (C=O) groups is 2. The van der Waals surface area contributed by atoms with E-state index < -0.39 is 0 Å². The molecule has 2 aromatic carbocycles. The van der Waals surface area contributed by atoms with Crippen LogP contribution in [-0.4, -0.2) is 24.9 Å². The zero-order valence-electron chi connectivity index (χ0n) is 13.0. The van der Waals surface area contributed by atoms with Crippen molar-refractivity contribution in [1.29, 1.82) is 0 Å². The van der Waals surface area contributed by atoms with Crippen LogP contribution in [0, 0.1) is 5.82 Å². The zero-order chi connectivity index (χ0) is 16.7. The summed E-state index contributed by atoms with van der Waals surface area (Å²) in [6, 6.07) is 15.0. The van der Waals surface area contributed by atoms with E-state index in [2.05, 4.69) is 5.32 Å². The molecule has 23 heavy (non-hydrogen) atoms. The number of amides is 2. The van der Waals surface area contributed by atoms with Crippen molar-refractivity contribution in [1.82, 2.24) is 5.32 Å². The second-order valence-corrected chi connectivity index (χ2v) is 5.05. The number of benzene rings is 2. The van der Waals surface area contributed by atoms with Gasteiger partial charge in [0.25, 0.3) is 0 Å². The van der Waals surface area contributed by atoms with E-state index in [4.69, 9.17) is 0 Å². The van der Waals surface area contributed by atoms with Gasteiger partial charge in [-0.15, -0.1) is 0 Å². The number of hydrogen-bond donors (Lipinski definition) is 1. The third kappa shape index (κ3) is 4.92. The Balaban J connectivity index is 1.89. The fourth-order valence-corrected chi connectivity index (χ4v) is 2.24. The Kier molecular flexibility index (Phi) is 5.86. The van der Waals surface area contributed by atoms with Gasteiger partial charge < -0.3 is 10.2 Å². The minimum Gasteiger partial charge on any atom is -0.347 e. The maximum absolute atomic E-state index is 13.0. The predicted molar refractivity (Wildman–Crippen MR) is 87.6 cm³/mol. The largest absolute Gasteiger partial charge is 0.347 e. The highest BCUT2D eigenvalue weighted by Crippen LogP contribution is 2.14.